The quantitative estimate of drug-likeness (QED) is 0.440. The third kappa shape index (κ3) is 1.30. The lowest BCUT2D eigenvalue weighted by atomic mass is 10.1. The van der Waals surface area contributed by atoms with Crippen LogP contribution < -0.4 is 0 Å². The largest absolute Gasteiger partial charge is 0.313 e. The van der Waals surface area contributed by atoms with Crippen LogP contribution in [-0.2, 0) is 4.79 Å². The number of nitrogens with zero attached hydrogens (tertiary/aromatic N) is 1. The van der Waals surface area contributed by atoms with Gasteiger partial charge in [-0.25, -0.2) is 4.79 Å². The summed E-state index contributed by atoms with van der Waals surface area (Å²) in [6, 6.07) is 0. The summed E-state index contributed by atoms with van der Waals surface area (Å²) in [6.07, 6.45) is 3.09. The van der Waals surface area contributed by atoms with E-state index in [2.05, 4.69) is 0 Å². The highest BCUT2D eigenvalue weighted by atomic mass is 16.2. The Morgan fingerprint density at radius 3 is 2.33 bits per heavy atom. The molecule has 0 aromatic carbocycles. The van der Waals surface area contributed by atoms with Gasteiger partial charge in [-0.1, -0.05) is 0 Å². The molecule has 1 amide bonds. The standard InChI is InChI=1S/C7H14NO/c1-8(2)6-4-3-5-7(8)9/h3-6H2,1-2H3/q+1. The molecule has 1 fully saturated rings. The van der Waals surface area contributed by atoms with Crippen molar-refractivity contribution in [2.24, 2.45) is 0 Å². The Bertz CT molecular complexity index is 129. The van der Waals surface area contributed by atoms with Crippen molar-refractivity contribution in [1.29, 1.82) is 0 Å². The Morgan fingerprint density at radius 2 is 2.00 bits per heavy atom. The summed E-state index contributed by atoms with van der Waals surface area (Å²) in [5, 5.41) is 0. The van der Waals surface area contributed by atoms with Crippen LogP contribution in [0.5, 0.6) is 0 Å². The number of hydrogen-bond donors (Lipinski definition) is 0. The molecule has 52 valence electrons. The molecular formula is C7H14NO+. The molecule has 0 spiro atoms. The van der Waals surface area contributed by atoms with E-state index < -0.39 is 0 Å². The van der Waals surface area contributed by atoms with E-state index in [4.69, 9.17) is 0 Å². The summed E-state index contributed by atoms with van der Waals surface area (Å²) in [6.45, 7) is 1.03. The molecular weight excluding hydrogens is 114 g/mol. The third-order valence-corrected chi connectivity index (χ3v) is 2.03. The average Bonchev–Trinajstić information content (AvgIpc) is 1.77. The van der Waals surface area contributed by atoms with E-state index in [0.29, 0.717) is 10.4 Å². The SMILES string of the molecule is C[N+]1(C)CCCCC1=O. The molecule has 2 heteroatoms. The molecule has 0 saturated carbocycles. The van der Waals surface area contributed by atoms with E-state index >= 15 is 0 Å². The molecule has 1 rings (SSSR count). The van der Waals surface area contributed by atoms with Gasteiger partial charge in [0.05, 0.1) is 27.1 Å². The molecule has 0 aliphatic carbocycles. The first-order valence-electron chi connectivity index (χ1n) is 3.49. The lowest BCUT2D eigenvalue weighted by molar-refractivity contribution is -0.817. The van der Waals surface area contributed by atoms with E-state index in [9.17, 15) is 4.79 Å². The van der Waals surface area contributed by atoms with Crippen LogP contribution in [0.3, 0.4) is 0 Å². The van der Waals surface area contributed by atoms with Gasteiger partial charge in [0.25, 0.3) is 0 Å². The van der Waals surface area contributed by atoms with Crippen molar-refractivity contribution >= 4 is 5.91 Å². The van der Waals surface area contributed by atoms with E-state index in [0.717, 1.165) is 19.4 Å². The van der Waals surface area contributed by atoms with Gasteiger partial charge in [0.1, 0.15) is 0 Å². The molecule has 0 atom stereocenters. The molecule has 0 aromatic rings. The summed E-state index contributed by atoms with van der Waals surface area (Å²) < 4.78 is 0.597. The summed E-state index contributed by atoms with van der Waals surface area (Å²) in [5.74, 6) is 0.390. The van der Waals surface area contributed by atoms with Crippen molar-refractivity contribution < 1.29 is 9.28 Å². The molecule has 1 aliphatic heterocycles. The minimum absolute atomic E-state index is 0.390. The van der Waals surface area contributed by atoms with Gasteiger partial charge < -0.3 is 0 Å². The number of quaternary nitrogens is 1. The van der Waals surface area contributed by atoms with Gasteiger partial charge in [0, 0.05) is 0 Å². The average molecular weight is 128 g/mol. The number of piperidine rings is 1. The van der Waals surface area contributed by atoms with Gasteiger partial charge in [-0.3, -0.25) is 4.48 Å². The van der Waals surface area contributed by atoms with Gasteiger partial charge >= 0.3 is 5.91 Å². The van der Waals surface area contributed by atoms with Crippen LogP contribution >= 0.6 is 0 Å². The maximum absolute atomic E-state index is 11.1. The van der Waals surface area contributed by atoms with E-state index in [1.165, 1.54) is 6.42 Å². The van der Waals surface area contributed by atoms with Crippen LogP contribution in [0.2, 0.25) is 0 Å². The third-order valence-electron chi connectivity index (χ3n) is 2.03. The first kappa shape index (κ1) is 6.75. The summed E-state index contributed by atoms with van der Waals surface area (Å²) in [5.41, 5.74) is 0. The topological polar surface area (TPSA) is 17.1 Å². The molecule has 0 N–H and O–H groups in total. The fourth-order valence-corrected chi connectivity index (χ4v) is 1.21. The molecule has 1 aliphatic rings. The summed E-state index contributed by atoms with van der Waals surface area (Å²) in [7, 11) is 3.98. The molecule has 0 aromatic heterocycles. The fourth-order valence-electron chi connectivity index (χ4n) is 1.21. The molecule has 0 radical (unpaired) electrons. The number of amides is 1. The molecule has 0 unspecified atom stereocenters. The van der Waals surface area contributed by atoms with Crippen LogP contribution in [-0.4, -0.2) is 31.0 Å². The van der Waals surface area contributed by atoms with Crippen molar-refractivity contribution in [2.75, 3.05) is 20.6 Å². The Balaban J connectivity index is 2.60. The smallest absolute Gasteiger partial charge is 0.265 e. The number of likely N-dealkylation sites (tertiary alicyclic amines) is 1. The van der Waals surface area contributed by atoms with Crippen LogP contribution in [0.25, 0.3) is 0 Å². The zero-order chi connectivity index (χ0) is 6.91. The lowest BCUT2D eigenvalue weighted by Gasteiger charge is -2.30. The number of carbonyl (C=O) groups excluding carboxylic acids is 1. The van der Waals surface area contributed by atoms with Crippen molar-refractivity contribution in [2.45, 2.75) is 19.3 Å². The Hall–Kier alpha value is -0.370. The van der Waals surface area contributed by atoms with Crippen LogP contribution in [0, 0.1) is 0 Å². The second kappa shape index (κ2) is 2.10. The predicted octanol–water partition coefficient (Wildman–Crippen LogP) is 0.773. The lowest BCUT2D eigenvalue weighted by Crippen LogP contribution is -2.48. The van der Waals surface area contributed by atoms with Gasteiger partial charge in [-0.15, -0.1) is 0 Å². The molecule has 9 heavy (non-hydrogen) atoms. The van der Waals surface area contributed by atoms with Crippen LogP contribution in [0.15, 0.2) is 0 Å². The minimum Gasteiger partial charge on any atom is -0.265 e. The molecule has 2 nitrogen and oxygen atoms in total. The summed E-state index contributed by atoms with van der Waals surface area (Å²) in [4.78, 5) is 11.1. The highest BCUT2D eigenvalue weighted by molar-refractivity contribution is 5.69. The minimum atomic E-state index is 0.390. The van der Waals surface area contributed by atoms with Gasteiger partial charge in [-0.05, 0) is 12.8 Å². The zero-order valence-electron chi connectivity index (χ0n) is 6.18. The number of carbonyl (C=O) groups is 1. The van der Waals surface area contributed by atoms with Gasteiger partial charge in [-0.2, -0.15) is 0 Å². The second-order valence-corrected chi connectivity index (χ2v) is 3.26. The predicted molar refractivity (Wildman–Crippen MR) is 35.8 cm³/mol. The van der Waals surface area contributed by atoms with E-state index in [-0.39, 0.29) is 0 Å². The van der Waals surface area contributed by atoms with Crippen molar-refractivity contribution in [1.82, 2.24) is 0 Å². The first-order valence-corrected chi connectivity index (χ1v) is 3.49. The monoisotopic (exact) mass is 128 g/mol. The summed E-state index contributed by atoms with van der Waals surface area (Å²) >= 11 is 0. The normalized spacial score (nSPS) is 26.2. The Kier molecular flexibility index (Phi) is 1.58. The van der Waals surface area contributed by atoms with E-state index in [1.54, 1.807) is 0 Å². The van der Waals surface area contributed by atoms with Crippen LogP contribution in [0.4, 0.5) is 0 Å². The zero-order valence-corrected chi connectivity index (χ0v) is 6.18. The molecule has 1 saturated heterocycles. The van der Waals surface area contributed by atoms with Gasteiger partial charge in [0.2, 0.25) is 0 Å². The molecule has 1 heterocycles. The maximum atomic E-state index is 11.1. The molecule has 0 bridgehead atoms. The van der Waals surface area contributed by atoms with Crippen LogP contribution in [0.1, 0.15) is 19.3 Å². The van der Waals surface area contributed by atoms with Crippen molar-refractivity contribution in [3.8, 4) is 0 Å². The Labute approximate surface area is 56.1 Å². The first-order chi connectivity index (χ1) is 4.13. The fraction of sp³-hybridized carbons (Fsp3) is 0.857. The highest BCUT2D eigenvalue weighted by Gasteiger charge is 2.28. The van der Waals surface area contributed by atoms with Crippen molar-refractivity contribution in [3.63, 3.8) is 0 Å². The van der Waals surface area contributed by atoms with Gasteiger partial charge in [0.15, 0.2) is 0 Å². The number of rotatable bonds is 0. The Morgan fingerprint density at radius 1 is 1.33 bits per heavy atom. The second-order valence-electron chi connectivity index (χ2n) is 3.26. The highest BCUT2D eigenvalue weighted by Crippen LogP contribution is 2.14. The van der Waals surface area contributed by atoms with Crippen molar-refractivity contribution in [3.05, 3.63) is 0 Å². The number of hydrogen-bond acceptors (Lipinski definition) is 1. The van der Waals surface area contributed by atoms with E-state index in [1.807, 2.05) is 14.1 Å². The maximum Gasteiger partial charge on any atom is 0.313 e.